The Hall–Kier alpha value is -0.580. The molecule has 0 saturated heterocycles. The molecule has 19 heavy (non-hydrogen) atoms. The average Bonchev–Trinajstić information content (AvgIpc) is 2.45. The Morgan fingerprint density at radius 2 is 2.00 bits per heavy atom. The minimum atomic E-state index is 0.922. The lowest BCUT2D eigenvalue weighted by atomic mass is 10.3. The fourth-order valence-electron chi connectivity index (χ4n) is 1.83. The van der Waals surface area contributed by atoms with Gasteiger partial charge in [-0.15, -0.1) is 11.8 Å². The minimum absolute atomic E-state index is 0.922. The van der Waals surface area contributed by atoms with Gasteiger partial charge in [0.05, 0.1) is 5.03 Å². The van der Waals surface area contributed by atoms with Crippen molar-refractivity contribution < 1.29 is 0 Å². The number of aromatic nitrogens is 1. The summed E-state index contributed by atoms with van der Waals surface area (Å²) in [7, 11) is 0. The lowest BCUT2D eigenvalue weighted by molar-refractivity contribution is 0.324. The molecule has 0 bridgehead atoms. The van der Waals surface area contributed by atoms with Gasteiger partial charge < -0.3 is 10.2 Å². The summed E-state index contributed by atoms with van der Waals surface area (Å²) in [6, 6.07) is 4.31. The number of hydrogen-bond acceptors (Lipinski definition) is 4. The number of thioether (sulfide) groups is 1. The molecule has 1 N–H and O–H groups in total. The van der Waals surface area contributed by atoms with E-state index in [2.05, 4.69) is 48.1 Å². The van der Waals surface area contributed by atoms with E-state index in [1.165, 1.54) is 12.0 Å². The number of nitrogens with one attached hydrogen (secondary N) is 1. The van der Waals surface area contributed by atoms with E-state index < -0.39 is 0 Å². The Kier molecular flexibility index (Phi) is 8.88. The highest BCUT2D eigenvalue weighted by atomic mass is 32.2. The molecule has 0 radical (unpaired) electrons. The van der Waals surface area contributed by atoms with Crippen LogP contribution in [0.15, 0.2) is 23.4 Å². The highest BCUT2D eigenvalue weighted by molar-refractivity contribution is 7.99. The van der Waals surface area contributed by atoms with Crippen LogP contribution in [-0.2, 0) is 6.54 Å². The van der Waals surface area contributed by atoms with Crippen molar-refractivity contribution in [3.8, 4) is 0 Å². The lowest BCUT2D eigenvalue weighted by Gasteiger charge is -2.17. The summed E-state index contributed by atoms with van der Waals surface area (Å²) in [5, 5.41) is 4.52. The fraction of sp³-hybridized carbons (Fsp3) is 0.667. The quantitative estimate of drug-likeness (QED) is 0.527. The van der Waals surface area contributed by atoms with Crippen LogP contribution in [0.2, 0.25) is 0 Å². The summed E-state index contributed by atoms with van der Waals surface area (Å²) in [4.78, 5) is 6.95. The first-order valence-corrected chi connectivity index (χ1v) is 8.29. The van der Waals surface area contributed by atoms with E-state index in [1.807, 2.05) is 18.0 Å². The number of nitrogens with zero attached hydrogens (tertiary/aromatic N) is 2. The van der Waals surface area contributed by atoms with Crippen molar-refractivity contribution in [2.75, 3.05) is 31.9 Å². The van der Waals surface area contributed by atoms with Gasteiger partial charge in [0.2, 0.25) is 0 Å². The molecule has 3 nitrogen and oxygen atoms in total. The third kappa shape index (κ3) is 6.95. The Balaban J connectivity index is 2.27. The molecule has 0 spiro atoms. The largest absolute Gasteiger partial charge is 0.313 e. The third-order valence-corrected chi connectivity index (χ3v) is 4.03. The molecule has 0 unspecified atom stereocenters. The van der Waals surface area contributed by atoms with Crippen molar-refractivity contribution in [2.45, 2.75) is 38.8 Å². The summed E-state index contributed by atoms with van der Waals surface area (Å²) >= 11 is 1.84. The second-order valence-corrected chi connectivity index (χ2v) is 5.67. The van der Waals surface area contributed by atoms with E-state index in [0.717, 1.165) is 43.5 Å². The SMILES string of the molecule is CCCNCc1ccc(SCCN(CC)CC)nc1. The molecule has 1 aromatic rings. The van der Waals surface area contributed by atoms with Gasteiger partial charge in [-0.25, -0.2) is 4.98 Å². The van der Waals surface area contributed by atoms with Crippen molar-refractivity contribution >= 4 is 11.8 Å². The van der Waals surface area contributed by atoms with Gasteiger partial charge in [-0.3, -0.25) is 0 Å². The van der Waals surface area contributed by atoms with Gasteiger partial charge in [0.25, 0.3) is 0 Å². The van der Waals surface area contributed by atoms with E-state index in [9.17, 15) is 0 Å². The first-order valence-electron chi connectivity index (χ1n) is 7.30. The predicted molar refractivity (Wildman–Crippen MR) is 84.7 cm³/mol. The number of hydrogen-bond donors (Lipinski definition) is 1. The van der Waals surface area contributed by atoms with Crippen molar-refractivity contribution in [1.29, 1.82) is 0 Å². The van der Waals surface area contributed by atoms with Gasteiger partial charge >= 0.3 is 0 Å². The topological polar surface area (TPSA) is 28.2 Å². The van der Waals surface area contributed by atoms with E-state index in [4.69, 9.17) is 0 Å². The molecule has 108 valence electrons. The maximum atomic E-state index is 4.51. The summed E-state index contributed by atoms with van der Waals surface area (Å²) < 4.78 is 0. The van der Waals surface area contributed by atoms with Gasteiger partial charge in [-0.1, -0.05) is 26.8 Å². The average molecular weight is 281 g/mol. The molecule has 0 saturated carbocycles. The van der Waals surface area contributed by atoms with Gasteiger partial charge in [-0.2, -0.15) is 0 Å². The smallest absolute Gasteiger partial charge is 0.0960 e. The maximum absolute atomic E-state index is 4.51. The van der Waals surface area contributed by atoms with Crippen molar-refractivity contribution in [2.24, 2.45) is 0 Å². The molecule has 1 aromatic heterocycles. The van der Waals surface area contributed by atoms with Crippen LogP contribution in [0.3, 0.4) is 0 Å². The number of pyridine rings is 1. The molecular formula is C15H27N3S. The van der Waals surface area contributed by atoms with Gasteiger partial charge in [0.1, 0.15) is 0 Å². The molecule has 0 aliphatic carbocycles. The lowest BCUT2D eigenvalue weighted by Crippen LogP contribution is -2.25. The summed E-state index contributed by atoms with van der Waals surface area (Å²) in [6.45, 7) is 12.0. The number of rotatable bonds is 10. The Morgan fingerprint density at radius 3 is 2.58 bits per heavy atom. The maximum Gasteiger partial charge on any atom is 0.0960 e. The third-order valence-electron chi connectivity index (χ3n) is 3.11. The Labute approximate surface area is 122 Å². The van der Waals surface area contributed by atoms with E-state index in [1.54, 1.807) is 0 Å². The van der Waals surface area contributed by atoms with Crippen molar-refractivity contribution in [3.63, 3.8) is 0 Å². The molecule has 0 amide bonds. The minimum Gasteiger partial charge on any atom is -0.313 e. The zero-order chi connectivity index (χ0) is 13.9. The predicted octanol–water partition coefficient (Wildman–Crippen LogP) is 3.02. The molecule has 0 aliphatic heterocycles. The van der Waals surface area contributed by atoms with E-state index in [0.29, 0.717) is 0 Å². The van der Waals surface area contributed by atoms with Crippen molar-refractivity contribution in [1.82, 2.24) is 15.2 Å². The second kappa shape index (κ2) is 10.2. The van der Waals surface area contributed by atoms with Crippen molar-refractivity contribution in [3.05, 3.63) is 23.9 Å². The van der Waals surface area contributed by atoms with Crippen LogP contribution in [0.4, 0.5) is 0 Å². The van der Waals surface area contributed by atoms with E-state index >= 15 is 0 Å². The first-order chi connectivity index (χ1) is 9.30. The summed E-state index contributed by atoms with van der Waals surface area (Å²) in [5.74, 6) is 1.11. The Morgan fingerprint density at radius 1 is 1.21 bits per heavy atom. The van der Waals surface area contributed by atoms with Gasteiger partial charge in [0, 0.05) is 25.0 Å². The molecular weight excluding hydrogens is 254 g/mol. The molecule has 1 heterocycles. The molecule has 0 aromatic carbocycles. The molecule has 1 rings (SSSR count). The normalized spacial score (nSPS) is 11.2. The fourth-order valence-corrected chi connectivity index (χ4v) is 2.68. The van der Waals surface area contributed by atoms with Crippen LogP contribution in [0.5, 0.6) is 0 Å². The zero-order valence-electron chi connectivity index (χ0n) is 12.5. The van der Waals surface area contributed by atoms with Gasteiger partial charge in [0.15, 0.2) is 0 Å². The molecule has 0 fully saturated rings. The zero-order valence-corrected chi connectivity index (χ0v) is 13.3. The molecule has 4 heteroatoms. The van der Waals surface area contributed by atoms with Gasteiger partial charge in [-0.05, 0) is 37.7 Å². The van der Waals surface area contributed by atoms with Crippen LogP contribution >= 0.6 is 11.8 Å². The monoisotopic (exact) mass is 281 g/mol. The van der Waals surface area contributed by atoms with E-state index in [-0.39, 0.29) is 0 Å². The standard InChI is InChI=1S/C15H27N3S/c1-4-9-16-12-14-7-8-15(17-13-14)19-11-10-18(5-2)6-3/h7-8,13,16H,4-6,9-12H2,1-3H3. The summed E-state index contributed by atoms with van der Waals surface area (Å²) in [6.07, 6.45) is 3.16. The highest BCUT2D eigenvalue weighted by Crippen LogP contribution is 2.15. The Bertz CT molecular complexity index is 323. The second-order valence-electron chi connectivity index (χ2n) is 4.56. The molecule has 0 aliphatic rings. The van der Waals surface area contributed by atoms with Crippen LogP contribution in [0.1, 0.15) is 32.8 Å². The van der Waals surface area contributed by atoms with Crippen LogP contribution in [0, 0.1) is 0 Å². The highest BCUT2D eigenvalue weighted by Gasteiger charge is 2.01. The summed E-state index contributed by atoms with van der Waals surface area (Å²) in [5.41, 5.74) is 1.27. The molecule has 0 atom stereocenters. The van der Waals surface area contributed by atoms with Crippen LogP contribution in [-0.4, -0.2) is 41.8 Å². The van der Waals surface area contributed by atoms with Crippen LogP contribution in [0.25, 0.3) is 0 Å². The van der Waals surface area contributed by atoms with Crippen LogP contribution < -0.4 is 5.32 Å². The first kappa shape index (κ1) is 16.5.